The molecule has 0 aliphatic rings. The van der Waals surface area contributed by atoms with Crippen molar-refractivity contribution >= 4 is 5.97 Å². The number of hydrogen-bond donors (Lipinski definition) is 1. The van der Waals surface area contributed by atoms with E-state index in [0.29, 0.717) is 0 Å². The van der Waals surface area contributed by atoms with Crippen molar-refractivity contribution in [2.45, 2.75) is 6.92 Å². The van der Waals surface area contributed by atoms with Crippen molar-refractivity contribution in [3.05, 3.63) is 0 Å². The summed E-state index contributed by atoms with van der Waals surface area (Å²) >= 11 is 0. The number of hydrogen-bond acceptors (Lipinski definition) is 1. The van der Waals surface area contributed by atoms with Gasteiger partial charge in [0.25, 0.3) is 5.97 Å². The molecule has 0 rings (SSSR count). The third-order valence-corrected chi connectivity index (χ3v) is 0. The molecule has 1 N–H and O–H groups in total. The fourth-order valence-corrected chi connectivity index (χ4v) is 0. The predicted octanol–water partition coefficient (Wildman–Crippen LogP) is 0.0884. The van der Waals surface area contributed by atoms with Gasteiger partial charge in [0.05, 0.1) is 0 Å². The first-order valence-corrected chi connectivity index (χ1v) is 0.928. The third kappa shape index (κ3) is 465. The second-order valence-electron chi connectivity index (χ2n) is 0.519. The van der Waals surface area contributed by atoms with Crippen molar-refractivity contribution < 1.29 is 32.3 Å². The zero-order valence-electron chi connectivity index (χ0n) is 2.66. The smallest absolute Gasteiger partial charge is 0.481 e. The number of aliphatic carboxylic acids is 1. The van der Waals surface area contributed by atoms with Gasteiger partial charge >= 0.3 is 22.4 Å². The average molecular weight is 168 g/mol. The second-order valence-corrected chi connectivity index (χ2v) is 0.519. The van der Waals surface area contributed by atoms with Crippen LogP contribution in [-0.4, -0.2) is 11.1 Å². The van der Waals surface area contributed by atoms with Crippen LogP contribution in [0.2, 0.25) is 0 Å². The minimum absolute atomic E-state index is 0. The standard InChI is InChI=1S/C2H4O2.Ag/c1-2(3)4;/h1H3,(H,3,4);/q;+1. The topological polar surface area (TPSA) is 37.3 Å². The minimum Gasteiger partial charge on any atom is -0.481 e. The molecular weight excluding hydrogens is 164 g/mol. The largest absolute Gasteiger partial charge is 1.00 e. The van der Waals surface area contributed by atoms with Crippen LogP contribution >= 0.6 is 0 Å². The van der Waals surface area contributed by atoms with Gasteiger partial charge in [-0.25, -0.2) is 0 Å². The molecule has 0 aliphatic carbocycles. The predicted molar refractivity (Wildman–Crippen MR) is 13.3 cm³/mol. The summed E-state index contributed by atoms with van der Waals surface area (Å²) in [6.45, 7) is 1.08. The Labute approximate surface area is 45.7 Å². The maximum atomic E-state index is 9.00. The fourth-order valence-electron chi connectivity index (χ4n) is 0. The molecule has 0 aromatic rings. The van der Waals surface area contributed by atoms with Crippen molar-refractivity contribution in [2.75, 3.05) is 0 Å². The minimum atomic E-state index is -0.833. The van der Waals surface area contributed by atoms with Gasteiger partial charge in [0, 0.05) is 6.92 Å². The zero-order valence-corrected chi connectivity index (χ0v) is 4.14. The molecule has 0 aromatic heterocycles. The fraction of sp³-hybridized carbons (Fsp3) is 0.500. The molecule has 0 unspecified atom stereocenters. The summed E-state index contributed by atoms with van der Waals surface area (Å²) in [6.07, 6.45) is 0. The molecule has 3 heteroatoms. The van der Waals surface area contributed by atoms with E-state index in [1.54, 1.807) is 0 Å². The number of carboxylic acids is 1. The van der Waals surface area contributed by atoms with Crippen LogP contribution in [-0.2, 0) is 27.2 Å². The van der Waals surface area contributed by atoms with E-state index in [1.165, 1.54) is 0 Å². The number of carbonyl (C=O) groups is 1. The molecule has 34 valence electrons. The molecule has 0 saturated carbocycles. The third-order valence-electron chi connectivity index (χ3n) is 0. The molecule has 0 aliphatic heterocycles. The molecule has 0 spiro atoms. The summed E-state index contributed by atoms with van der Waals surface area (Å²) in [5.74, 6) is -0.833. The van der Waals surface area contributed by atoms with Crippen LogP contribution in [0.15, 0.2) is 0 Å². The molecule has 0 heterocycles. The van der Waals surface area contributed by atoms with Gasteiger partial charge in [0.1, 0.15) is 0 Å². The van der Waals surface area contributed by atoms with Crippen LogP contribution < -0.4 is 0 Å². The Morgan fingerprint density at radius 3 is 1.80 bits per heavy atom. The Morgan fingerprint density at radius 2 is 1.80 bits per heavy atom. The maximum Gasteiger partial charge on any atom is 1.00 e. The van der Waals surface area contributed by atoms with E-state index in [9.17, 15) is 0 Å². The van der Waals surface area contributed by atoms with Crippen LogP contribution in [0.25, 0.3) is 0 Å². The van der Waals surface area contributed by atoms with E-state index in [-0.39, 0.29) is 22.4 Å². The van der Waals surface area contributed by atoms with Gasteiger partial charge < -0.3 is 5.11 Å². The van der Waals surface area contributed by atoms with Crippen molar-refractivity contribution in [3.63, 3.8) is 0 Å². The van der Waals surface area contributed by atoms with E-state index in [1.807, 2.05) is 0 Å². The molecule has 0 radical (unpaired) electrons. The van der Waals surface area contributed by atoms with Crippen molar-refractivity contribution in [3.8, 4) is 0 Å². The van der Waals surface area contributed by atoms with Crippen LogP contribution in [0.1, 0.15) is 6.92 Å². The monoisotopic (exact) mass is 167 g/mol. The summed E-state index contributed by atoms with van der Waals surface area (Å²) in [5, 5.41) is 7.42. The molecule has 0 atom stereocenters. The van der Waals surface area contributed by atoms with Gasteiger partial charge in [-0.1, -0.05) is 0 Å². The van der Waals surface area contributed by atoms with Crippen molar-refractivity contribution in [2.24, 2.45) is 0 Å². The molecule has 0 fully saturated rings. The molecule has 0 amide bonds. The van der Waals surface area contributed by atoms with Gasteiger partial charge in [0.2, 0.25) is 0 Å². The van der Waals surface area contributed by atoms with Gasteiger partial charge in [-0.3, -0.25) is 4.79 Å². The van der Waals surface area contributed by atoms with Crippen molar-refractivity contribution in [1.82, 2.24) is 0 Å². The maximum absolute atomic E-state index is 9.00. The molecule has 0 aromatic carbocycles. The van der Waals surface area contributed by atoms with Gasteiger partial charge in [0.15, 0.2) is 0 Å². The number of rotatable bonds is 0. The van der Waals surface area contributed by atoms with E-state index >= 15 is 0 Å². The Bertz CT molecular complexity index is 30.6. The molecule has 0 bridgehead atoms. The first-order valence-electron chi connectivity index (χ1n) is 0.928. The quantitative estimate of drug-likeness (QED) is 0.520. The van der Waals surface area contributed by atoms with Crippen LogP contribution in [0.4, 0.5) is 0 Å². The first-order chi connectivity index (χ1) is 1.73. The van der Waals surface area contributed by atoms with E-state index in [2.05, 4.69) is 0 Å². The Balaban J connectivity index is 0. The Kier molecular flexibility index (Phi) is 7.55. The van der Waals surface area contributed by atoms with Crippen LogP contribution in [0, 0.1) is 0 Å². The van der Waals surface area contributed by atoms with Gasteiger partial charge in [-0.05, 0) is 0 Å². The summed E-state index contributed by atoms with van der Waals surface area (Å²) < 4.78 is 0. The summed E-state index contributed by atoms with van der Waals surface area (Å²) in [7, 11) is 0. The molecule has 5 heavy (non-hydrogen) atoms. The Hall–Kier alpha value is 0.210. The van der Waals surface area contributed by atoms with Crippen LogP contribution in [0.3, 0.4) is 0 Å². The van der Waals surface area contributed by atoms with Crippen molar-refractivity contribution in [1.29, 1.82) is 0 Å². The SMILES string of the molecule is CC(=O)O.[Ag+]. The Morgan fingerprint density at radius 1 is 1.80 bits per heavy atom. The normalized spacial score (nSPS) is 5.00. The summed E-state index contributed by atoms with van der Waals surface area (Å²) in [5.41, 5.74) is 0. The average Bonchev–Trinajstić information content (AvgIpc) is 0.811. The van der Waals surface area contributed by atoms with E-state index in [0.717, 1.165) is 6.92 Å². The van der Waals surface area contributed by atoms with Crippen LogP contribution in [0.5, 0.6) is 0 Å². The molecule has 0 saturated heterocycles. The zero-order chi connectivity index (χ0) is 3.58. The van der Waals surface area contributed by atoms with E-state index < -0.39 is 5.97 Å². The summed E-state index contributed by atoms with van der Waals surface area (Å²) in [6, 6.07) is 0. The van der Waals surface area contributed by atoms with Gasteiger partial charge in [-0.15, -0.1) is 0 Å². The summed E-state index contributed by atoms with van der Waals surface area (Å²) in [4.78, 5) is 9.00. The molecular formula is C2H4AgO2+. The number of carboxylic acid groups (broad SMARTS) is 1. The van der Waals surface area contributed by atoms with Gasteiger partial charge in [-0.2, -0.15) is 0 Å². The second kappa shape index (κ2) is 4.21. The van der Waals surface area contributed by atoms with E-state index in [4.69, 9.17) is 9.90 Å². The molecule has 2 nitrogen and oxygen atoms in total. The first kappa shape index (κ1) is 8.96.